The molecule has 1 amide bonds. The number of nitrogens with zero attached hydrogens (tertiary/aromatic N) is 3. The van der Waals surface area contributed by atoms with Crippen molar-refractivity contribution in [1.29, 1.82) is 0 Å². The van der Waals surface area contributed by atoms with Crippen molar-refractivity contribution < 1.29 is 4.79 Å². The lowest BCUT2D eigenvalue weighted by Crippen LogP contribution is -2.25. The number of hydrogen-bond donors (Lipinski definition) is 0. The van der Waals surface area contributed by atoms with Crippen LogP contribution in [0.2, 0.25) is 0 Å². The molecular formula is C37H55N3O. The third-order valence-electron chi connectivity index (χ3n) is 9.05. The van der Waals surface area contributed by atoms with E-state index in [1.54, 1.807) is 0 Å². The summed E-state index contributed by atoms with van der Waals surface area (Å²) in [6.07, 6.45) is 22.7. The average Bonchev–Trinajstić information content (AvgIpc) is 3.53. The van der Waals surface area contributed by atoms with Crippen LogP contribution in [0.5, 0.6) is 0 Å². The van der Waals surface area contributed by atoms with Gasteiger partial charge in [-0.1, -0.05) is 133 Å². The van der Waals surface area contributed by atoms with Gasteiger partial charge in [0.2, 0.25) is 5.91 Å². The van der Waals surface area contributed by atoms with E-state index >= 15 is 0 Å². The first-order valence-corrected chi connectivity index (χ1v) is 16.9. The lowest BCUT2D eigenvalue weighted by atomic mass is 10.0. The number of imidazole rings is 1. The normalized spacial score (nSPS) is 15.4. The monoisotopic (exact) mass is 557 g/mol. The first-order valence-electron chi connectivity index (χ1n) is 16.9. The first kappa shape index (κ1) is 31.3. The molecule has 224 valence electrons. The Morgan fingerprint density at radius 2 is 1.34 bits per heavy atom. The molecule has 2 heterocycles. The van der Waals surface area contributed by atoms with Gasteiger partial charge in [0, 0.05) is 31.1 Å². The van der Waals surface area contributed by atoms with Gasteiger partial charge in [-0.3, -0.25) is 4.79 Å². The fourth-order valence-corrected chi connectivity index (χ4v) is 6.68. The number of hydrogen-bond acceptors (Lipinski definition) is 2. The third kappa shape index (κ3) is 9.18. The predicted octanol–water partition coefficient (Wildman–Crippen LogP) is 10.4. The van der Waals surface area contributed by atoms with Gasteiger partial charge in [0.25, 0.3) is 0 Å². The van der Waals surface area contributed by atoms with Crippen molar-refractivity contribution in [2.45, 2.75) is 142 Å². The molecule has 2 aromatic carbocycles. The minimum atomic E-state index is 0.136. The van der Waals surface area contributed by atoms with E-state index in [0.717, 1.165) is 23.6 Å². The van der Waals surface area contributed by atoms with Gasteiger partial charge in [-0.15, -0.1) is 0 Å². The molecule has 3 aromatic rings. The second-order valence-electron chi connectivity index (χ2n) is 12.6. The van der Waals surface area contributed by atoms with Crippen molar-refractivity contribution in [3.05, 3.63) is 59.4 Å². The summed E-state index contributed by atoms with van der Waals surface area (Å²) in [4.78, 5) is 20.2. The van der Waals surface area contributed by atoms with Crippen LogP contribution >= 0.6 is 0 Å². The van der Waals surface area contributed by atoms with Crippen LogP contribution in [0.4, 0.5) is 5.69 Å². The zero-order chi connectivity index (χ0) is 28.9. The van der Waals surface area contributed by atoms with Gasteiger partial charge in [0.1, 0.15) is 5.82 Å². The molecule has 0 radical (unpaired) electrons. The van der Waals surface area contributed by atoms with Crippen molar-refractivity contribution in [2.75, 3.05) is 11.4 Å². The topological polar surface area (TPSA) is 38.1 Å². The van der Waals surface area contributed by atoms with E-state index < -0.39 is 0 Å². The molecule has 4 rings (SSSR count). The second kappa shape index (κ2) is 16.7. The lowest BCUT2D eigenvalue weighted by molar-refractivity contribution is -0.117. The van der Waals surface area contributed by atoms with Gasteiger partial charge in [-0.05, 0) is 44.0 Å². The Labute approximate surface area is 249 Å². The van der Waals surface area contributed by atoms with Crippen LogP contribution in [-0.4, -0.2) is 22.0 Å². The van der Waals surface area contributed by atoms with Crippen LogP contribution in [0.15, 0.2) is 42.5 Å². The number of unbranched alkanes of at least 4 members (excludes halogenated alkanes) is 15. The zero-order valence-corrected chi connectivity index (χ0v) is 26.3. The van der Waals surface area contributed by atoms with Crippen LogP contribution in [0.1, 0.15) is 139 Å². The SMILES string of the molecule is CCCCCCCCCCCCCCCCCCn1c(C2CC(=O)N(c3ccc(C)cc3C)C2)nc2ccccc21. The van der Waals surface area contributed by atoms with E-state index in [-0.39, 0.29) is 11.8 Å². The Morgan fingerprint density at radius 1 is 0.756 bits per heavy atom. The maximum absolute atomic E-state index is 13.1. The number of amides is 1. The van der Waals surface area contributed by atoms with Crippen LogP contribution in [0.3, 0.4) is 0 Å². The van der Waals surface area contributed by atoms with Gasteiger partial charge in [-0.25, -0.2) is 4.98 Å². The number of benzene rings is 2. The summed E-state index contributed by atoms with van der Waals surface area (Å²) in [6.45, 7) is 8.20. The Bertz CT molecular complexity index is 1210. The molecule has 0 saturated carbocycles. The number of aryl methyl sites for hydroxylation is 3. The molecular weight excluding hydrogens is 502 g/mol. The summed E-state index contributed by atoms with van der Waals surface area (Å²) in [5.41, 5.74) is 5.71. The molecule has 0 aliphatic carbocycles. The van der Waals surface area contributed by atoms with Gasteiger partial charge >= 0.3 is 0 Å². The Hall–Kier alpha value is -2.62. The van der Waals surface area contributed by atoms with Gasteiger partial charge in [-0.2, -0.15) is 0 Å². The Balaban J connectivity index is 1.18. The number of aromatic nitrogens is 2. The fraction of sp³-hybridized carbons (Fsp3) is 0.622. The molecule has 1 atom stereocenters. The molecule has 0 spiro atoms. The maximum Gasteiger partial charge on any atom is 0.227 e. The van der Waals surface area contributed by atoms with Crippen molar-refractivity contribution in [3.8, 4) is 0 Å². The van der Waals surface area contributed by atoms with E-state index in [0.29, 0.717) is 13.0 Å². The summed E-state index contributed by atoms with van der Waals surface area (Å²) >= 11 is 0. The predicted molar refractivity (Wildman–Crippen MR) is 175 cm³/mol. The minimum absolute atomic E-state index is 0.136. The molecule has 0 bridgehead atoms. The molecule has 4 nitrogen and oxygen atoms in total. The highest BCUT2D eigenvalue weighted by Gasteiger charge is 2.35. The first-order chi connectivity index (χ1) is 20.1. The fourth-order valence-electron chi connectivity index (χ4n) is 6.68. The van der Waals surface area contributed by atoms with Crippen LogP contribution in [0, 0.1) is 13.8 Å². The number of carbonyl (C=O) groups is 1. The zero-order valence-electron chi connectivity index (χ0n) is 26.3. The van der Waals surface area contributed by atoms with E-state index in [9.17, 15) is 4.79 Å². The van der Waals surface area contributed by atoms with Crippen LogP contribution in [-0.2, 0) is 11.3 Å². The molecule has 1 unspecified atom stereocenters. The summed E-state index contributed by atoms with van der Waals surface area (Å²) in [6, 6.07) is 14.9. The van der Waals surface area contributed by atoms with Crippen molar-refractivity contribution in [3.63, 3.8) is 0 Å². The molecule has 41 heavy (non-hydrogen) atoms. The highest BCUT2D eigenvalue weighted by Crippen LogP contribution is 2.35. The summed E-state index contributed by atoms with van der Waals surface area (Å²) in [5, 5.41) is 0. The average molecular weight is 558 g/mol. The molecule has 1 aliphatic heterocycles. The number of rotatable bonds is 19. The molecule has 1 aliphatic rings. The van der Waals surface area contributed by atoms with Crippen LogP contribution in [0.25, 0.3) is 11.0 Å². The standard InChI is InChI=1S/C37H55N3O/c1-4-5-6-7-8-9-10-11-12-13-14-15-16-17-18-21-26-39-35-23-20-19-22-33(35)38-37(39)32-28-36(41)40(29-32)34-25-24-30(2)27-31(34)3/h19-20,22-25,27,32H,4-18,21,26,28-29H2,1-3H3. The van der Waals surface area contributed by atoms with Crippen LogP contribution < -0.4 is 4.90 Å². The van der Waals surface area contributed by atoms with E-state index in [4.69, 9.17) is 4.98 Å². The van der Waals surface area contributed by atoms with Gasteiger partial charge in [0.05, 0.1) is 11.0 Å². The number of fused-ring (bicyclic) bond motifs is 1. The van der Waals surface area contributed by atoms with Crippen molar-refractivity contribution in [2.24, 2.45) is 0 Å². The second-order valence-corrected chi connectivity index (χ2v) is 12.6. The van der Waals surface area contributed by atoms with E-state index in [1.807, 2.05) is 4.90 Å². The smallest absolute Gasteiger partial charge is 0.227 e. The van der Waals surface area contributed by atoms with Crippen molar-refractivity contribution >= 4 is 22.6 Å². The van der Waals surface area contributed by atoms with E-state index in [2.05, 4.69) is 67.8 Å². The summed E-state index contributed by atoms with van der Waals surface area (Å²) < 4.78 is 2.42. The molecule has 0 N–H and O–H groups in total. The lowest BCUT2D eigenvalue weighted by Gasteiger charge is -2.20. The van der Waals surface area contributed by atoms with Crippen molar-refractivity contribution in [1.82, 2.24) is 9.55 Å². The van der Waals surface area contributed by atoms with E-state index in [1.165, 1.54) is 119 Å². The Kier molecular flexibility index (Phi) is 12.8. The molecule has 1 saturated heterocycles. The highest BCUT2D eigenvalue weighted by atomic mass is 16.2. The molecule has 4 heteroatoms. The number of anilines is 1. The Morgan fingerprint density at radius 3 is 1.95 bits per heavy atom. The van der Waals surface area contributed by atoms with Gasteiger partial charge in [0.15, 0.2) is 0 Å². The maximum atomic E-state index is 13.1. The summed E-state index contributed by atoms with van der Waals surface area (Å²) in [5.74, 6) is 1.44. The third-order valence-corrected chi connectivity index (χ3v) is 9.05. The largest absolute Gasteiger partial charge is 0.328 e. The quantitative estimate of drug-likeness (QED) is 0.137. The summed E-state index contributed by atoms with van der Waals surface area (Å²) in [7, 11) is 0. The molecule has 1 aromatic heterocycles. The molecule has 1 fully saturated rings. The number of para-hydroxylation sites is 2. The number of carbonyl (C=O) groups excluding carboxylic acids is 1. The highest BCUT2D eigenvalue weighted by molar-refractivity contribution is 5.97. The minimum Gasteiger partial charge on any atom is -0.328 e. The van der Waals surface area contributed by atoms with Gasteiger partial charge < -0.3 is 9.47 Å².